The molecule has 2 aliphatic rings. The largest absolute Gasteiger partial charge is 0.306 e. The number of hydrogen-bond donors (Lipinski definition) is 0. The first kappa shape index (κ1) is 11.6. The highest BCUT2D eigenvalue weighted by Gasteiger charge is 2.43. The summed E-state index contributed by atoms with van der Waals surface area (Å²) in [6, 6.07) is 0. The molecule has 88 valence electrons. The maximum absolute atomic E-state index is 11.1. The van der Waals surface area contributed by atoms with E-state index in [0.29, 0.717) is 5.41 Å². The molecule has 0 bridgehead atoms. The van der Waals surface area contributed by atoms with Crippen molar-refractivity contribution >= 4 is 6.29 Å². The van der Waals surface area contributed by atoms with E-state index in [-0.39, 0.29) is 5.92 Å². The van der Waals surface area contributed by atoms with Gasteiger partial charge in [0.15, 0.2) is 0 Å². The third-order valence-electron chi connectivity index (χ3n) is 4.57. The Morgan fingerprint density at radius 3 is 2.50 bits per heavy atom. The lowest BCUT2D eigenvalue weighted by Gasteiger charge is -2.39. The molecule has 1 aliphatic carbocycles. The van der Waals surface area contributed by atoms with Gasteiger partial charge in [-0.2, -0.15) is 0 Å². The van der Waals surface area contributed by atoms with E-state index >= 15 is 0 Å². The topological polar surface area (TPSA) is 20.3 Å². The molecule has 0 amide bonds. The minimum absolute atomic E-state index is 0.0981. The van der Waals surface area contributed by atoms with E-state index in [1.807, 2.05) is 6.08 Å². The van der Waals surface area contributed by atoms with Gasteiger partial charge < -0.3 is 9.69 Å². The number of rotatable bonds is 2. The Balaban J connectivity index is 2.28. The standard InChI is InChI=1S/C14H21NO/c1-4-13-11(2)14(9-12(13)10-16)5-7-15(3)8-6-14/h4,10,12H,1,5-9H2,2-3H3. The second kappa shape index (κ2) is 4.17. The summed E-state index contributed by atoms with van der Waals surface area (Å²) in [7, 11) is 2.17. The van der Waals surface area contributed by atoms with Crippen LogP contribution in [0, 0.1) is 11.3 Å². The monoisotopic (exact) mass is 219 g/mol. The lowest BCUT2D eigenvalue weighted by Crippen LogP contribution is -2.37. The summed E-state index contributed by atoms with van der Waals surface area (Å²) in [5.74, 6) is 0.0981. The summed E-state index contributed by atoms with van der Waals surface area (Å²) in [4.78, 5) is 13.5. The second-order valence-electron chi connectivity index (χ2n) is 5.31. The molecule has 0 N–H and O–H groups in total. The number of carbonyl (C=O) groups is 1. The molecule has 1 aliphatic heterocycles. The normalized spacial score (nSPS) is 29.8. The van der Waals surface area contributed by atoms with Gasteiger partial charge in [-0.25, -0.2) is 0 Å². The van der Waals surface area contributed by atoms with Gasteiger partial charge in [0.05, 0.1) is 0 Å². The maximum Gasteiger partial charge on any atom is 0.127 e. The SMILES string of the molecule is C=CC1=C(C)C2(CCN(C)CC2)CC1C=O. The zero-order valence-electron chi connectivity index (χ0n) is 10.3. The summed E-state index contributed by atoms with van der Waals surface area (Å²) in [6.45, 7) is 8.35. The zero-order chi connectivity index (χ0) is 11.8. The highest BCUT2D eigenvalue weighted by molar-refractivity contribution is 5.64. The van der Waals surface area contributed by atoms with Gasteiger partial charge in [0.2, 0.25) is 0 Å². The Kier molecular flexibility index (Phi) is 3.02. The average Bonchev–Trinajstić information content (AvgIpc) is 2.56. The van der Waals surface area contributed by atoms with Crippen LogP contribution in [-0.4, -0.2) is 31.3 Å². The van der Waals surface area contributed by atoms with Crippen LogP contribution >= 0.6 is 0 Å². The van der Waals surface area contributed by atoms with Gasteiger partial charge in [0.25, 0.3) is 0 Å². The van der Waals surface area contributed by atoms with Crippen LogP contribution in [-0.2, 0) is 4.79 Å². The van der Waals surface area contributed by atoms with Crippen LogP contribution in [0.5, 0.6) is 0 Å². The Labute approximate surface area is 98.0 Å². The number of aldehydes is 1. The van der Waals surface area contributed by atoms with E-state index < -0.39 is 0 Å². The number of piperidine rings is 1. The molecule has 1 heterocycles. The van der Waals surface area contributed by atoms with Gasteiger partial charge in [0.1, 0.15) is 6.29 Å². The first-order valence-electron chi connectivity index (χ1n) is 6.10. The third kappa shape index (κ3) is 1.65. The van der Waals surface area contributed by atoms with Crippen LogP contribution in [0.4, 0.5) is 0 Å². The molecule has 2 heteroatoms. The predicted molar refractivity (Wildman–Crippen MR) is 66.2 cm³/mol. The maximum atomic E-state index is 11.1. The highest BCUT2D eigenvalue weighted by atomic mass is 16.1. The molecule has 1 atom stereocenters. The van der Waals surface area contributed by atoms with Gasteiger partial charge in [-0.3, -0.25) is 0 Å². The molecule has 0 aromatic rings. The third-order valence-corrected chi connectivity index (χ3v) is 4.57. The molecular formula is C14H21NO. The fourth-order valence-electron chi connectivity index (χ4n) is 3.32. The van der Waals surface area contributed by atoms with E-state index in [0.717, 1.165) is 25.8 Å². The Morgan fingerprint density at radius 2 is 2.06 bits per heavy atom. The van der Waals surface area contributed by atoms with Crippen LogP contribution in [0.1, 0.15) is 26.2 Å². The highest BCUT2D eigenvalue weighted by Crippen LogP contribution is 2.51. The Morgan fingerprint density at radius 1 is 1.44 bits per heavy atom. The fraction of sp³-hybridized carbons (Fsp3) is 0.643. The first-order valence-corrected chi connectivity index (χ1v) is 6.10. The van der Waals surface area contributed by atoms with Crippen LogP contribution < -0.4 is 0 Å². The predicted octanol–water partition coefficient (Wildman–Crippen LogP) is 2.42. The second-order valence-corrected chi connectivity index (χ2v) is 5.31. The molecule has 1 spiro atoms. The van der Waals surface area contributed by atoms with Crippen molar-refractivity contribution in [3.63, 3.8) is 0 Å². The minimum Gasteiger partial charge on any atom is -0.306 e. The van der Waals surface area contributed by atoms with Crippen molar-refractivity contribution in [2.24, 2.45) is 11.3 Å². The number of likely N-dealkylation sites (tertiary alicyclic amines) is 1. The molecule has 0 radical (unpaired) electrons. The van der Waals surface area contributed by atoms with Gasteiger partial charge >= 0.3 is 0 Å². The molecule has 0 aromatic heterocycles. The zero-order valence-corrected chi connectivity index (χ0v) is 10.3. The number of nitrogens with zero attached hydrogens (tertiary/aromatic N) is 1. The smallest absolute Gasteiger partial charge is 0.127 e. The molecule has 1 unspecified atom stereocenters. The van der Waals surface area contributed by atoms with Crippen LogP contribution in [0.2, 0.25) is 0 Å². The molecule has 16 heavy (non-hydrogen) atoms. The minimum atomic E-state index is 0.0981. The molecule has 2 rings (SSSR count). The van der Waals surface area contributed by atoms with Crippen molar-refractivity contribution in [2.75, 3.05) is 20.1 Å². The number of carbonyl (C=O) groups excluding carboxylic acids is 1. The Bertz CT molecular complexity index is 335. The van der Waals surface area contributed by atoms with Crippen molar-refractivity contribution < 1.29 is 4.79 Å². The van der Waals surface area contributed by atoms with Gasteiger partial charge in [-0.05, 0) is 57.3 Å². The van der Waals surface area contributed by atoms with Gasteiger partial charge in [0, 0.05) is 5.92 Å². The summed E-state index contributed by atoms with van der Waals surface area (Å²) in [6.07, 6.45) is 6.39. The molecule has 0 saturated carbocycles. The summed E-state index contributed by atoms with van der Waals surface area (Å²) < 4.78 is 0. The molecule has 2 nitrogen and oxygen atoms in total. The lowest BCUT2D eigenvalue weighted by atomic mass is 9.73. The molecule has 1 saturated heterocycles. The van der Waals surface area contributed by atoms with Gasteiger partial charge in [-0.15, -0.1) is 0 Å². The quantitative estimate of drug-likeness (QED) is 0.665. The first-order chi connectivity index (χ1) is 7.63. The molecule has 1 fully saturated rings. The van der Waals surface area contributed by atoms with Crippen molar-refractivity contribution in [1.29, 1.82) is 0 Å². The fourth-order valence-corrected chi connectivity index (χ4v) is 3.32. The number of allylic oxidation sites excluding steroid dienone is 3. The van der Waals surface area contributed by atoms with E-state index in [1.54, 1.807) is 0 Å². The van der Waals surface area contributed by atoms with E-state index in [2.05, 4.69) is 25.5 Å². The van der Waals surface area contributed by atoms with Gasteiger partial charge in [-0.1, -0.05) is 18.2 Å². The molecular weight excluding hydrogens is 198 g/mol. The van der Waals surface area contributed by atoms with Crippen molar-refractivity contribution in [1.82, 2.24) is 4.90 Å². The van der Waals surface area contributed by atoms with Crippen LogP contribution in [0.3, 0.4) is 0 Å². The van der Waals surface area contributed by atoms with Crippen molar-refractivity contribution in [3.8, 4) is 0 Å². The van der Waals surface area contributed by atoms with Crippen molar-refractivity contribution in [2.45, 2.75) is 26.2 Å². The van der Waals surface area contributed by atoms with E-state index in [9.17, 15) is 4.79 Å². The lowest BCUT2D eigenvalue weighted by molar-refractivity contribution is -0.110. The van der Waals surface area contributed by atoms with Crippen molar-refractivity contribution in [3.05, 3.63) is 23.8 Å². The number of hydrogen-bond acceptors (Lipinski definition) is 2. The van der Waals surface area contributed by atoms with Crippen LogP contribution in [0.25, 0.3) is 0 Å². The van der Waals surface area contributed by atoms with E-state index in [4.69, 9.17) is 0 Å². The molecule has 0 aromatic carbocycles. The summed E-state index contributed by atoms with van der Waals surface area (Å²) in [5.41, 5.74) is 2.91. The average molecular weight is 219 g/mol. The van der Waals surface area contributed by atoms with Crippen LogP contribution in [0.15, 0.2) is 23.8 Å². The van der Waals surface area contributed by atoms with E-state index in [1.165, 1.54) is 24.0 Å². The summed E-state index contributed by atoms with van der Waals surface area (Å²) >= 11 is 0. The summed E-state index contributed by atoms with van der Waals surface area (Å²) in [5, 5.41) is 0. The Hall–Kier alpha value is -0.890.